The van der Waals surface area contributed by atoms with E-state index in [1.807, 2.05) is 0 Å². The first-order chi connectivity index (χ1) is 9.89. The molecule has 0 radical (unpaired) electrons. The second kappa shape index (κ2) is 7.00. The van der Waals surface area contributed by atoms with Gasteiger partial charge in [-0.05, 0) is 77.2 Å². The van der Waals surface area contributed by atoms with Gasteiger partial charge in [0.2, 0.25) is 0 Å². The summed E-state index contributed by atoms with van der Waals surface area (Å²) in [4.78, 5) is 2.87. The zero-order valence-corrected chi connectivity index (χ0v) is 15.2. The van der Waals surface area contributed by atoms with E-state index in [0.717, 1.165) is 18.5 Å². The first kappa shape index (κ1) is 17.3. The first-order valence-corrected chi connectivity index (χ1v) is 9.38. The van der Waals surface area contributed by atoms with E-state index in [0.29, 0.717) is 5.41 Å². The SMILES string of the molecule is CCC(CC)(CNC(C)(C)C)CN1CCCC2CCCC21. The third-order valence-electron chi connectivity index (χ3n) is 6.14. The smallest absolute Gasteiger partial charge is 0.0124 e. The molecule has 2 unspecified atom stereocenters. The molecule has 0 aromatic carbocycles. The Morgan fingerprint density at radius 2 is 1.67 bits per heavy atom. The van der Waals surface area contributed by atoms with Crippen molar-refractivity contribution in [1.82, 2.24) is 10.2 Å². The van der Waals surface area contributed by atoms with Crippen LogP contribution in [0.2, 0.25) is 0 Å². The molecule has 2 rings (SSSR count). The average molecular weight is 295 g/mol. The van der Waals surface area contributed by atoms with Gasteiger partial charge in [0.25, 0.3) is 0 Å². The molecule has 0 bridgehead atoms. The fraction of sp³-hybridized carbons (Fsp3) is 1.00. The lowest BCUT2D eigenvalue weighted by Crippen LogP contribution is -2.52. The summed E-state index contributed by atoms with van der Waals surface area (Å²) in [5, 5.41) is 3.79. The van der Waals surface area contributed by atoms with Gasteiger partial charge < -0.3 is 5.32 Å². The molecule has 2 nitrogen and oxygen atoms in total. The van der Waals surface area contributed by atoms with Crippen LogP contribution in [-0.4, -0.2) is 36.1 Å². The summed E-state index contributed by atoms with van der Waals surface area (Å²) >= 11 is 0. The molecule has 1 N–H and O–H groups in total. The van der Waals surface area contributed by atoms with E-state index in [1.54, 1.807) is 0 Å². The summed E-state index contributed by atoms with van der Waals surface area (Å²) in [6, 6.07) is 0.908. The summed E-state index contributed by atoms with van der Waals surface area (Å²) in [7, 11) is 0. The van der Waals surface area contributed by atoms with Crippen LogP contribution in [0.25, 0.3) is 0 Å². The topological polar surface area (TPSA) is 15.3 Å². The van der Waals surface area contributed by atoms with Crippen LogP contribution < -0.4 is 5.32 Å². The van der Waals surface area contributed by atoms with Crippen molar-refractivity contribution < 1.29 is 0 Å². The molecule has 0 aromatic heterocycles. The highest BCUT2D eigenvalue weighted by atomic mass is 15.2. The Kier molecular flexibility index (Phi) is 5.76. The van der Waals surface area contributed by atoms with E-state index in [1.165, 1.54) is 58.0 Å². The number of hydrogen-bond donors (Lipinski definition) is 1. The van der Waals surface area contributed by atoms with Crippen LogP contribution in [0.1, 0.15) is 79.6 Å². The number of nitrogens with one attached hydrogen (secondary N) is 1. The highest BCUT2D eigenvalue weighted by Crippen LogP contribution is 2.39. The monoisotopic (exact) mass is 294 g/mol. The van der Waals surface area contributed by atoms with Crippen molar-refractivity contribution in [3.8, 4) is 0 Å². The molecule has 1 heterocycles. The number of piperidine rings is 1. The highest BCUT2D eigenvalue weighted by Gasteiger charge is 2.39. The van der Waals surface area contributed by atoms with Gasteiger partial charge in [0.15, 0.2) is 0 Å². The Hall–Kier alpha value is -0.0800. The predicted octanol–water partition coefficient (Wildman–Crippen LogP) is 4.45. The van der Waals surface area contributed by atoms with Crippen molar-refractivity contribution in [3.63, 3.8) is 0 Å². The number of fused-ring (bicyclic) bond motifs is 1. The van der Waals surface area contributed by atoms with E-state index in [2.05, 4.69) is 44.8 Å². The van der Waals surface area contributed by atoms with Gasteiger partial charge >= 0.3 is 0 Å². The Morgan fingerprint density at radius 3 is 2.29 bits per heavy atom. The van der Waals surface area contributed by atoms with Crippen molar-refractivity contribution >= 4 is 0 Å². The van der Waals surface area contributed by atoms with Gasteiger partial charge in [-0.25, -0.2) is 0 Å². The largest absolute Gasteiger partial charge is 0.311 e. The van der Waals surface area contributed by atoms with Gasteiger partial charge in [-0.1, -0.05) is 20.3 Å². The third kappa shape index (κ3) is 4.45. The van der Waals surface area contributed by atoms with Crippen LogP contribution in [0.15, 0.2) is 0 Å². The van der Waals surface area contributed by atoms with E-state index >= 15 is 0 Å². The maximum atomic E-state index is 3.79. The van der Waals surface area contributed by atoms with Crippen molar-refractivity contribution in [2.24, 2.45) is 11.3 Å². The molecule has 124 valence electrons. The summed E-state index contributed by atoms with van der Waals surface area (Å²) < 4.78 is 0. The van der Waals surface area contributed by atoms with Crippen LogP contribution in [0, 0.1) is 11.3 Å². The van der Waals surface area contributed by atoms with Gasteiger partial charge in [-0.3, -0.25) is 4.90 Å². The lowest BCUT2D eigenvalue weighted by atomic mass is 9.79. The first-order valence-electron chi connectivity index (χ1n) is 9.38. The summed E-state index contributed by atoms with van der Waals surface area (Å²) in [5.74, 6) is 1.01. The Labute approximate surface area is 133 Å². The van der Waals surface area contributed by atoms with Gasteiger partial charge in [0, 0.05) is 24.7 Å². The molecule has 21 heavy (non-hydrogen) atoms. The second-order valence-electron chi connectivity index (χ2n) is 8.68. The Morgan fingerprint density at radius 1 is 1.00 bits per heavy atom. The van der Waals surface area contributed by atoms with Crippen molar-refractivity contribution in [2.45, 2.75) is 91.1 Å². The van der Waals surface area contributed by atoms with Crippen LogP contribution in [-0.2, 0) is 0 Å². The normalized spacial score (nSPS) is 27.9. The number of nitrogens with zero attached hydrogens (tertiary/aromatic N) is 1. The molecular formula is C19H38N2. The average Bonchev–Trinajstić information content (AvgIpc) is 2.92. The van der Waals surface area contributed by atoms with Crippen LogP contribution >= 0.6 is 0 Å². The van der Waals surface area contributed by atoms with Crippen molar-refractivity contribution in [1.29, 1.82) is 0 Å². The minimum Gasteiger partial charge on any atom is -0.311 e. The van der Waals surface area contributed by atoms with Crippen LogP contribution in [0.4, 0.5) is 0 Å². The molecular weight excluding hydrogens is 256 g/mol. The summed E-state index contributed by atoms with van der Waals surface area (Å²) in [5.41, 5.74) is 0.686. The maximum absolute atomic E-state index is 3.79. The third-order valence-corrected chi connectivity index (χ3v) is 6.14. The number of likely N-dealkylation sites (tertiary alicyclic amines) is 1. The van der Waals surface area contributed by atoms with E-state index in [4.69, 9.17) is 0 Å². The molecule has 2 heteroatoms. The molecule has 2 atom stereocenters. The molecule has 0 aromatic rings. The van der Waals surface area contributed by atoms with E-state index in [9.17, 15) is 0 Å². The molecule has 1 aliphatic heterocycles. The Bertz CT molecular complexity index is 314. The molecule has 1 aliphatic carbocycles. The fourth-order valence-electron chi connectivity index (χ4n) is 4.42. The molecule has 2 fully saturated rings. The lowest BCUT2D eigenvalue weighted by molar-refractivity contribution is 0.0505. The number of hydrogen-bond acceptors (Lipinski definition) is 2. The van der Waals surface area contributed by atoms with Crippen molar-refractivity contribution in [2.75, 3.05) is 19.6 Å². The minimum atomic E-state index is 0.230. The second-order valence-corrected chi connectivity index (χ2v) is 8.68. The minimum absolute atomic E-state index is 0.230. The van der Waals surface area contributed by atoms with Gasteiger partial charge in [-0.15, -0.1) is 0 Å². The van der Waals surface area contributed by atoms with E-state index in [-0.39, 0.29) is 5.54 Å². The quantitative estimate of drug-likeness (QED) is 0.779. The predicted molar refractivity (Wildman–Crippen MR) is 92.7 cm³/mol. The van der Waals surface area contributed by atoms with E-state index < -0.39 is 0 Å². The summed E-state index contributed by atoms with van der Waals surface area (Å²) in [6.07, 6.45) is 9.93. The summed E-state index contributed by atoms with van der Waals surface area (Å²) in [6.45, 7) is 15.5. The zero-order valence-electron chi connectivity index (χ0n) is 15.2. The molecule has 1 saturated heterocycles. The maximum Gasteiger partial charge on any atom is 0.0124 e. The molecule has 2 aliphatic rings. The van der Waals surface area contributed by atoms with Gasteiger partial charge in [0.05, 0.1) is 0 Å². The Balaban J connectivity index is 2.00. The van der Waals surface area contributed by atoms with Gasteiger partial charge in [-0.2, -0.15) is 0 Å². The van der Waals surface area contributed by atoms with Crippen LogP contribution in [0.5, 0.6) is 0 Å². The molecule has 0 amide bonds. The van der Waals surface area contributed by atoms with Crippen LogP contribution in [0.3, 0.4) is 0 Å². The molecule has 0 spiro atoms. The lowest BCUT2D eigenvalue weighted by Gasteiger charge is -2.45. The molecule has 1 saturated carbocycles. The standard InChI is InChI=1S/C19H38N2/c1-6-19(7-2,14-20-18(3,4)5)15-21-13-9-11-16-10-8-12-17(16)21/h16-17,20H,6-15H2,1-5H3. The number of rotatable bonds is 6. The van der Waals surface area contributed by atoms with Crippen molar-refractivity contribution in [3.05, 3.63) is 0 Å². The van der Waals surface area contributed by atoms with Gasteiger partial charge in [0.1, 0.15) is 0 Å². The zero-order chi connectivity index (χ0) is 15.5. The fourth-order valence-corrected chi connectivity index (χ4v) is 4.42. The highest BCUT2D eigenvalue weighted by molar-refractivity contribution is 4.93.